The normalized spacial score (nSPS) is 11.4. The van der Waals surface area contributed by atoms with Crippen molar-refractivity contribution in [1.29, 1.82) is 0 Å². The molecular formula is C20H27ClN2O2. The third-order valence-corrected chi connectivity index (χ3v) is 3.85. The Morgan fingerprint density at radius 1 is 1.08 bits per heavy atom. The van der Waals surface area contributed by atoms with E-state index in [9.17, 15) is 4.79 Å². The summed E-state index contributed by atoms with van der Waals surface area (Å²) in [6, 6.07) is 17.2. The van der Waals surface area contributed by atoms with Crippen LogP contribution in [0, 0.1) is 6.92 Å². The van der Waals surface area contributed by atoms with Gasteiger partial charge < -0.3 is 15.8 Å². The van der Waals surface area contributed by atoms with Crippen LogP contribution in [0.15, 0.2) is 54.6 Å². The van der Waals surface area contributed by atoms with E-state index in [-0.39, 0.29) is 18.3 Å². The average molecular weight is 363 g/mol. The highest BCUT2D eigenvalue weighted by atomic mass is 35.5. The van der Waals surface area contributed by atoms with Gasteiger partial charge in [-0.2, -0.15) is 0 Å². The van der Waals surface area contributed by atoms with E-state index in [0.29, 0.717) is 19.8 Å². The smallest absolute Gasteiger partial charge is 0.241 e. The van der Waals surface area contributed by atoms with Gasteiger partial charge in [-0.15, -0.1) is 12.4 Å². The zero-order chi connectivity index (χ0) is 17.2. The number of benzene rings is 2. The molecule has 2 aromatic rings. The van der Waals surface area contributed by atoms with Crippen molar-refractivity contribution in [2.75, 3.05) is 13.2 Å². The maximum Gasteiger partial charge on any atom is 0.241 e. The minimum absolute atomic E-state index is 0. The van der Waals surface area contributed by atoms with E-state index >= 15 is 0 Å². The molecule has 0 radical (unpaired) electrons. The van der Waals surface area contributed by atoms with Gasteiger partial charge in [0.25, 0.3) is 0 Å². The number of aryl methyl sites for hydroxylation is 1. The van der Waals surface area contributed by atoms with Gasteiger partial charge in [0, 0.05) is 13.2 Å². The maximum atomic E-state index is 12.0. The molecule has 0 fully saturated rings. The molecule has 3 N–H and O–H groups in total. The van der Waals surface area contributed by atoms with Crippen LogP contribution in [-0.4, -0.2) is 19.1 Å². The second kappa shape index (κ2) is 11.6. The molecule has 0 saturated heterocycles. The van der Waals surface area contributed by atoms with Gasteiger partial charge in [0.05, 0.1) is 6.61 Å². The van der Waals surface area contributed by atoms with Crippen LogP contribution in [0.1, 0.15) is 35.6 Å². The van der Waals surface area contributed by atoms with Gasteiger partial charge in [-0.3, -0.25) is 4.79 Å². The molecule has 136 valence electrons. The number of nitrogens with two attached hydrogens (primary N) is 1. The Morgan fingerprint density at radius 2 is 1.76 bits per heavy atom. The molecule has 1 unspecified atom stereocenters. The van der Waals surface area contributed by atoms with E-state index in [1.54, 1.807) is 0 Å². The van der Waals surface area contributed by atoms with E-state index in [2.05, 4.69) is 5.32 Å². The lowest BCUT2D eigenvalue weighted by Gasteiger charge is -2.13. The van der Waals surface area contributed by atoms with Crippen molar-refractivity contribution in [3.63, 3.8) is 0 Å². The van der Waals surface area contributed by atoms with Crippen molar-refractivity contribution in [2.45, 2.75) is 32.4 Å². The topological polar surface area (TPSA) is 64.4 Å². The number of unbranched alkanes of at least 4 members (excludes halogenated alkanes) is 1. The molecule has 1 amide bonds. The SMILES string of the molecule is Cc1ccc(C(N)C(=O)NCCCCOCc2ccccc2)cc1.Cl. The first kappa shape index (κ1) is 21.2. The Bertz CT molecular complexity index is 617. The standard InChI is InChI=1S/C20H26N2O2.ClH/c1-16-9-11-18(12-10-16)19(21)20(23)22-13-5-6-14-24-15-17-7-3-2-4-8-17;/h2-4,7-12,19H,5-6,13-15,21H2,1H3,(H,22,23);1H. The lowest BCUT2D eigenvalue weighted by molar-refractivity contribution is -0.122. The Morgan fingerprint density at radius 3 is 2.44 bits per heavy atom. The minimum Gasteiger partial charge on any atom is -0.377 e. The van der Waals surface area contributed by atoms with E-state index in [1.165, 1.54) is 5.56 Å². The first-order chi connectivity index (χ1) is 11.7. The molecule has 2 rings (SSSR count). The maximum absolute atomic E-state index is 12.0. The van der Waals surface area contributed by atoms with Crippen LogP contribution in [0.2, 0.25) is 0 Å². The average Bonchev–Trinajstić information content (AvgIpc) is 2.61. The molecule has 0 aliphatic heterocycles. The molecule has 0 aliphatic carbocycles. The Balaban J connectivity index is 0.00000312. The third kappa shape index (κ3) is 7.69. The largest absolute Gasteiger partial charge is 0.377 e. The predicted octanol–water partition coefficient (Wildman–Crippen LogP) is 3.53. The minimum atomic E-state index is -0.611. The van der Waals surface area contributed by atoms with Crippen LogP contribution >= 0.6 is 12.4 Å². The van der Waals surface area contributed by atoms with Crippen molar-refractivity contribution >= 4 is 18.3 Å². The molecule has 4 nitrogen and oxygen atoms in total. The van der Waals surface area contributed by atoms with Crippen molar-refractivity contribution in [2.24, 2.45) is 5.73 Å². The second-order valence-corrected chi connectivity index (χ2v) is 5.92. The summed E-state index contributed by atoms with van der Waals surface area (Å²) in [6.07, 6.45) is 1.79. The molecule has 0 aromatic heterocycles. The molecule has 0 aliphatic rings. The highest BCUT2D eigenvalue weighted by Gasteiger charge is 2.14. The number of carbonyl (C=O) groups excluding carboxylic acids is 1. The Hall–Kier alpha value is -1.88. The van der Waals surface area contributed by atoms with E-state index in [1.807, 2.05) is 61.5 Å². The summed E-state index contributed by atoms with van der Waals surface area (Å²) in [5.41, 5.74) is 9.15. The van der Waals surface area contributed by atoms with Crippen LogP contribution in [0.5, 0.6) is 0 Å². The van der Waals surface area contributed by atoms with Crippen molar-refractivity contribution in [1.82, 2.24) is 5.32 Å². The number of hydrogen-bond acceptors (Lipinski definition) is 3. The van der Waals surface area contributed by atoms with Gasteiger partial charge in [-0.25, -0.2) is 0 Å². The molecule has 5 heteroatoms. The van der Waals surface area contributed by atoms with E-state index < -0.39 is 6.04 Å². The molecule has 0 saturated carbocycles. The van der Waals surface area contributed by atoms with Crippen LogP contribution in [0.3, 0.4) is 0 Å². The molecule has 2 aromatic carbocycles. The summed E-state index contributed by atoms with van der Waals surface area (Å²) in [5.74, 6) is -0.135. The van der Waals surface area contributed by atoms with Gasteiger partial charge in [0.15, 0.2) is 0 Å². The fraction of sp³-hybridized carbons (Fsp3) is 0.350. The number of amides is 1. The lowest BCUT2D eigenvalue weighted by atomic mass is 10.1. The number of carbonyl (C=O) groups is 1. The van der Waals surface area contributed by atoms with Gasteiger partial charge in [-0.05, 0) is 30.9 Å². The first-order valence-corrected chi connectivity index (χ1v) is 8.38. The molecular weight excluding hydrogens is 336 g/mol. The predicted molar refractivity (Wildman–Crippen MR) is 104 cm³/mol. The number of rotatable bonds is 9. The summed E-state index contributed by atoms with van der Waals surface area (Å²) in [7, 11) is 0. The Kier molecular flexibility index (Phi) is 9.85. The number of hydrogen-bond donors (Lipinski definition) is 2. The molecule has 1 atom stereocenters. The monoisotopic (exact) mass is 362 g/mol. The summed E-state index contributed by atoms with van der Waals surface area (Å²) in [6.45, 7) is 3.95. The quantitative estimate of drug-likeness (QED) is 0.671. The fourth-order valence-corrected chi connectivity index (χ4v) is 2.34. The highest BCUT2D eigenvalue weighted by Crippen LogP contribution is 2.11. The van der Waals surface area contributed by atoms with Crippen LogP contribution in [0.25, 0.3) is 0 Å². The van der Waals surface area contributed by atoms with Gasteiger partial charge in [0.1, 0.15) is 6.04 Å². The summed E-state index contributed by atoms with van der Waals surface area (Å²) < 4.78 is 5.62. The van der Waals surface area contributed by atoms with Gasteiger partial charge in [0.2, 0.25) is 5.91 Å². The Labute approximate surface area is 156 Å². The van der Waals surface area contributed by atoms with E-state index in [4.69, 9.17) is 10.5 Å². The van der Waals surface area contributed by atoms with Crippen LogP contribution in [-0.2, 0) is 16.1 Å². The van der Waals surface area contributed by atoms with Crippen molar-refractivity contribution in [3.05, 3.63) is 71.3 Å². The number of ether oxygens (including phenoxy) is 1. The first-order valence-electron chi connectivity index (χ1n) is 8.38. The van der Waals surface area contributed by atoms with Gasteiger partial charge >= 0.3 is 0 Å². The molecule has 0 bridgehead atoms. The zero-order valence-corrected chi connectivity index (χ0v) is 15.4. The lowest BCUT2D eigenvalue weighted by Crippen LogP contribution is -2.34. The molecule has 0 spiro atoms. The van der Waals surface area contributed by atoms with Crippen LogP contribution < -0.4 is 11.1 Å². The molecule has 25 heavy (non-hydrogen) atoms. The second-order valence-electron chi connectivity index (χ2n) is 5.92. The van der Waals surface area contributed by atoms with Crippen LogP contribution in [0.4, 0.5) is 0 Å². The summed E-state index contributed by atoms with van der Waals surface area (Å²) in [4.78, 5) is 12.0. The van der Waals surface area contributed by atoms with Crippen molar-refractivity contribution < 1.29 is 9.53 Å². The molecule has 0 heterocycles. The third-order valence-electron chi connectivity index (χ3n) is 3.85. The van der Waals surface area contributed by atoms with E-state index in [0.717, 1.165) is 24.0 Å². The van der Waals surface area contributed by atoms with Crippen molar-refractivity contribution in [3.8, 4) is 0 Å². The summed E-state index contributed by atoms with van der Waals surface area (Å²) in [5, 5.41) is 2.88. The number of halogens is 1. The summed E-state index contributed by atoms with van der Waals surface area (Å²) >= 11 is 0. The highest BCUT2D eigenvalue weighted by molar-refractivity contribution is 5.85. The number of nitrogens with one attached hydrogen (secondary N) is 1. The van der Waals surface area contributed by atoms with Gasteiger partial charge in [-0.1, -0.05) is 60.2 Å². The fourth-order valence-electron chi connectivity index (χ4n) is 2.34. The zero-order valence-electron chi connectivity index (χ0n) is 14.6.